The van der Waals surface area contributed by atoms with Crippen molar-refractivity contribution < 1.29 is 26.5 Å². The van der Waals surface area contributed by atoms with Gasteiger partial charge < -0.3 is 20.2 Å². The maximum Gasteiger partial charge on any atom is 0.296 e. The lowest BCUT2D eigenvalue weighted by atomic mass is 10.2. The molecule has 4 rings (SSSR count). The summed E-state index contributed by atoms with van der Waals surface area (Å²) in [5.41, 5.74) is 8.97. The summed E-state index contributed by atoms with van der Waals surface area (Å²) in [6.07, 6.45) is 3.91. The van der Waals surface area contributed by atoms with Crippen molar-refractivity contribution in [3.8, 4) is 5.75 Å². The molecule has 35 heavy (non-hydrogen) atoms. The van der Waals surface area contributed by atoms with E-state index >= 15 is 0 Å². The monoisotopic (exact) mass is 500 g/mol. The van der Waals surface area contributed by atoms with Gasteiger partial charge in [0.25, 0.3) is 16.1 Å². The number of anilines is 1. The standard InChI is InChI=1S/C17H17FN4O2.C7H8O3S/c18-8-13(9-19)11-23-14-2-1-3-15-16(14)22-17(24-15)21-10-12-4-6-20-7-5-12;1-6-2-4-7(5-3-6)11(8,9)10/h1-8H,9-11,19H2,(H,21,22);2-5H,1H3,(H,8,9,10). The van der Waals surface area contributed by atoms with Crippen molar-refractivity contribution in [2.45, 2.75) is 18.4 Å². The normalized spacial score (nSPS) is 11.6. The van der Waals surface area contributed by atoms with E-state index in [1.54, 1.807) is 42.7 Å². The molecule has 2 aromatic heterocycles. The summed E-state index contributed by atoms with van der Waals surface area (Å²) in [5, 5.41) is 3.11. The van der Waals surface area contributed by atoms with Crippen LogP contribution in [0.15, 0.2) is 88.2 Å². The molecule has 4 aromatic rings. The Kier molecular flexibility index (Phi) is 8.90. The van der Waals surface area contributed by atoms with Crippen LogP contribution in [0.2, 0.25) is 0 Å². The molecule has 184 valence electrons. The second kappa shape index (κ2) is 12.1. The molecule has 0 fully saturated rings. The fourth-order valence-corrected chi connectivity index (χ4v) is 3.29. The molecule has 0 saturated carbocycles. The van der Waals surface area contributed by atoms with Crippen LogP contribution in [0.3, 0.4) is 0 Å². The molecule has 2 heterocycles. The molecule has 11 heteroatoms. The predicted octanol–water partition coefficient (Wildman–Crippen LogP) is 4.27. The van der Waals surface area contributed by atoms with Gasteiger partial charge in [0.2, 0.25) is 0 Å². The largest absolute Gasteiger partial charge is 0.487 e. The van der Waals surface area contributed by atoms with E-state index in [4.69, 9.17) is 19.4 Å². The minimum Gasteiger partial charge on any atom is -0.487 e. The summed E-state index contributed by atoms with van der Waals surface area (Å²) in [4.78, 5) is 8.30. The lowest BCUT2D eigenvalue weighted by molar-refractivity contribution is 0.351. The minimum atomic E-state index is -4.02. The van der Waals surface area contributed by atoms with Crippen molar-refractivity contribution in [2.75, 3.05) is 18.5 Å². The zero-order chi connectivity index (χ0) is 25.3. The predicted molar refractivity (Wildman–Crippen MR) is 130 cm³/mol. The number of nitrogens with two attached hydrogens (primary N) is 1. The van der Waals surface area contributed by atoms with Crippen molar-refractivity contribution in [2.24, 2.45) is 5.73 Å². The summed E-state index contributed by atoms with van der Waals surface area (Å²) >= 11 is 0. The number of oxazole rings is 1. The van der Waals surface area contributed by atoms with E-state index < -0.39 is 10.1 Å². The Bertz CT molecular complexity index is 1370. The molecule has 0 unspecified atom stereocenters. The Morgan fingerprint density at radius 1 is 1.17 bits per heavy atom. The molecule has 0 saturated heterocycles. The second-order valence-electron chi connectivity index (χ2n) is 7.38. The van der Waals surface area contributed by atoms with Crippen LogP contribution < -0.4 is 15.8 Å². The SMILES string of the molecule is Cc1ccc(S(=O)(=O)O)cc1.NCC(=CF)COc1cccc2oc(NCc3ccncc3)nc12. The average Bonchev–Trinajstić information content (AvgIpc) is 3.28. The number of nitrogens with one attached hydrogen (secondary N) is 1. The Morgan fingerprint density at radius 3 is 2.51 bits per heavy atom. The van der Waals surface area contributed by atoms with Gasteiger partial charge in [-0.15, -0.1) is 0 Å². The molecule has 0 spiro atoms. The number of aromatic nitrogens is 2. The average molecular weight is 501 g/mol. The highest BCUT2D eigenvalue weighted by atomic mass is 32.2. The minimum absolute atomic E-state index is 0.0666. The highest BCUT2D eigenvalue weighted by Crippen LogP contribution is 2.28. The maximum atomic E-state index is 12.6. The molecular formula is C24H25FN4O5S. The third kappa shape index (κ3) is 7.60. The van der Waals surface area contributed by atoms with Crippen molar-refractivity contribution in [1.82, 2.24) is 9.97 Å². The van der Waals surface area contributed by atoms with Crippen LogP contribution in [0.4, 0.5) is 10.4 Å². The van der Waals surface area contributed by atoms with Gasteiger partial charge in [-0.2, -0.15) is 13.4 Å². The van der Waals surface area contributed by atoms with Crippen LogP contribution in [-0.4, -0.2) is 36.1 Å². The van der Waals surface area contributed by atoms with E-state index in [-0.39, 0.29) is 18.0 Å². The molecule has 0 aliphatic heterocycles. The number of hydrogen-bond donors (Lipinski definition) is 3. The van der Waals surface area contributed by atoms with Gasteiger partial charge in [0.05, 0.1) is 11.2 Å². The zero-order valence-electron chi connectivity index (χ0n) is 18.9. The van der Waals surface area contributed by atoms with Gasteiger partial charge in [0.15, 0.2) is 11.1 Å². The summed E-state index contributed by atoms with van der Waals surface area (Å²) in [6, 6.07) is 15.5. The van der Waals surface area contributed by atoms with Gasteiger partial charge in [-0.3, -0.25) is 9.54 Å². The van der Waals surface area contributed by atoms with Gasteiger partial charge in [-0.25, -0.2) is 4.39 Å². The summed E-state index contributed by atoms with van der Waals surface area (Å²) in [7, 11) is -4.02. The number of halogens is 1. The van der Waals surface area contributed by atoms with Crippen molar-refractivity contribution in [3.63, 3.8) is 0 Å². The van der Waals surface area contributed by atoms with E-state index in [0.717, 1.165) is 11.1 Å². The van der Waals surface area contributed by atoms with E-state index in [1.165, 1.54) is 12.1 Å². The third-order valence-electron chi connectivity index (χ3n) is 4.72. The van der Waals surface area contributed by atoms with E-state index in [0.29, 0.717) is 41.3 Å². The molecule has 4 N–H and O–H groups in total. The van der Waals surface area contributed by atoms with E-state index in [1.807, 2.05) is 19.1 Å². The number of rotatable bonds is 8. The topological polar surface area (TPSA) is 141 Å². The zero-order valence-corrected chi connectivity index (χ0v) is 19.7. The van der Waals surface area contributed by atoms with E-state index in [9.17, 15) is 12.8 Å². The molecule has 0 aliphatic carbocycles. The Balaban J connectivity index is 0.000000261. The van der Waals surface area contributed by atoms with Crippen LogP contribution in [0.5, 0.6) is 5.75 Å². The third-order valence-corrected chi connectivity index (χ3v) is 5.59. The quantitative estimate of drug-likeness (QED) is 0.303. The molecule has 2 aromatic carbocycles. The van der Waals surface area contributed by atoms with E-state index in [2.05, 4.69) is 15.3 Å². The molecule has 0 amide bonds. The number of aryl methyl sites for hydroxylation is 1. The molecule has 9 nitrogen and oxygen atoms in total. The first-order valence-corrected chi connectivity index (χ1v) is 11.9. The number of benzene rings is 2. The Morgan fingerprint density at radius 2 is 1.89 bits per heavy atom. The molecule has 0 radical (unpaired) electrons. The van der Waals surface area contributed by atoms with Crippen molar-refractivity contribution in [3.05, 3.63) is 90.0 Å². The van der Waals surface area contributed by atoms with Crippen LogP contribution in [-0.2, 0) is 16.7 Å². The summed E-state index contributed by atoms with van der Waals surface area (Å²) < 4.78 is 53.4. The highest BCUT2D eigenvalue weighted by Gasteiger charge is 2.11. The fraction of sp³-hybridized carbons (Fsp3) is 0.167. The number of para-hydroxylation sites is 1. The van der Waals surface area contributed by atoms with Gasteiger partial charge >= 0.3 is 0 Å². The van der Waals surface area contributed by atoms with Crippen molar-refractivity contribution in [1.29, 1.82) is 0 Å². The van der Waals surface area contributed by atoms with Crippen molar-refractivity contribution >= 4 is 27.2 Å². The first-order chi connectivity index (χ1) is 16.8. The number of fused-ring (bicyclic) bond motifs is 1. The second-order valence-corrected chi connectivity index (χ2v) is 8.80. The fourth-order valence-electron chi connectivity index (χ4n) is 2.81. The van der Waals surface area contributed by atoms with Crippen LogP contribution in [0.25, 0.3) is 11.1 Å². The first kappa shape index (κ1) is 25.8. The number of ether oxygens (including phenoxy) is 1. The molecule has 0 aliphatic rings. The Labute approximate surface area is 202 Å². The van der Waals surface area contributed by atoms with Crippen LogP contribution >= 0.6 is 0 Å². The lowest BCUT2D eigenvalue weighted by Crippen LogP contribution is -2.10. The molecule has 0 bridgehead atoms. The van der Waals surface area contributed by atoms with Crippen LogP contribution in [0, 0.1) is 6.92 Å². The Hall–Kier alpha value is -3.80. The van der Waals surface area contributed by atoms with Crippen LogP contribution in [0.1, 0.15) is 11.1 Å². The number of hydrogen-bond acceptors (Lipinski definition) is 8. The summed E-state index contributed by atoms with van der Waals surface area (Å²) in [6.45, 7) is 2.57. The van der Waals surface area contributed by atoms with Gasteiger partial charge in [0, 0.05) is 31.1 Å². The maximum absolute atomic E-state index is 12.6. The molecular weight excluding hydrogens is 475 g/mol. The number of nitrogens with zero attached hydrogens (tertiary/aromatic N) is 2. The smallest absolute Gasteiger partial charge is 0.296 e. The van der Waals surface area contributed by atoms with Gasteiger partial charge in [-0.05, 0) is 48.9 Å². The lowest BCUT2D eigenvalue weighted by Gasteiger charge is -2.06. The number of pyridine rings is 1. The van der Waals surface area contributed by atoms with Gasteiger partial charge in [-0.1, -0.05) is 23.8 Å². The van der Waals surface area contributed by atoms with Gasteiger partial charge in [0.1, 0.15) is 12.4 Å². The molecule has 0 atom stereocenters. The highest BCUT2D eigenvalue weighted by molar-refractivity contribution is 7.85. The first-order valence-electron chi connectivity index (χ1n) is 10.5. The summed E-state index contributed by atoms with van der Waals surface area (Å²) in [5.74, 6) is 0.515.